The first-order valence-corrected chi connectivity index (χ1v) is 5.53. The molecule has 84 valence electrons. The van der Waals surface area contributed by atoms with Crippen LogP contribution >= 0.6 is 11.3 Å². The first-order valence-electron chi connectivity index (χ1n) is 4.65. The van der Waals surface area contributed by atoms with E-state index in [9.17, 15) is 4.39 Å². The lowest BCUT2D eigenvalue weighted by Gasteiger charge is -2.05. The minimum Gasteiger partial charge on any atom is -0.458 e. The van der Waals surface area contributed by atoms with Crippen LogP contribution < -0.4 is 10.1 Å². The highest BCUT2D eigenvalue weighted by molar-refractivity contribution is 7.09. The van der Waals surface area contributed by atoms with Crippen molar-refractivity contribution in [2.24, 2.45) is 0 Å². The van der Waals surface area contributed by atoms with Crippen LogP contribution in [0.1, 0.15) is 4.88 Å². The predicted octanol–water partition coefficient (Wildman–Crippen LogP) is 2.30. The lowest BCUT2D eigenvalue weighted by Crippen LogP contribution is -2.02. The highest BCUT2D eigenvalue weighted by Crippen LogP contribution is 2.15. The number of hydrogen-bond acceptors (Lipinski definition) is 5. The molecule has 2 rings (SSSR count). The Hall–Kier alpha value is -1.69. The lowest BCUT2D eigenvalue weighted by molar-refractivity contribution is 0.283. The maximum Gasteiger partial charge on any atom is 0.318 e. The first kappa shape index (κ1) is 10.8. The molecule has 0 radical (unpaired) electrons. The zero-order valence-corrected chi connectivity index (χ0v) is 9.42. The number of thiophene rings is 1. The van der Waals surface area contributed by atoms with Crippen molar-refractivity contribution >= 4 is 17.2 Å². The Kier molecular flexibility index (Phi) is 3.31. The number of rotatable bonds is 4. The van der Waals surface area contributed by atoms with Gasteiger partial charge in [0.1, 0.15) is 6.61 Å². The van der Waals surface area contributed by atoms with E-state index >= 15 is 0 Å². The second-order valence-electron chi connectivity index (χ2n) is 2.97. The van der Waals surface area contributed by atoms with Crippen LogP contribution in [0.5, 0.6) is 6.01 Å². The zero-order valence-electron chi connectivity index (χ0n) is 8.61. The number of nitrogens with zero attached hydrogens (tertiary/aromatic N) is 2. The number of nitrogens with one attached hydrogen (secondary N) is 1. The van der Waals surface area contributed by atoms with Gasteiger partial charge in [0.15, 0.2) is 11.6 Å². The Bertz CT molecular complexity index is 461. The Morgan fingerprint density at radius 2 is 2.44 bits per heavy atom. The predicted molar refractivity (Wildman–Crippen MR) is 60.2 cm³/mol. The molecule has 0 spiro atoms. The molecule has 0 unspecified atom stereocenters. The van der Waals surface area contributed by atoms with Crippen molar-refractivity contribution in [2.45, 2.75) is 6.61 Å². The van der Waals surface area contributed by atoms with Crippen LogP contribution in [0.2, 0.25) is 0 Å². The minimum atomic E-state index is -0.494. The summed E-state index contributed by atoms with van der Waals surface area (Å²) in [5.74, 6) is -0.359. The molecule has 2 heterocycles. The van der Waals surface area contributed by atoms with Crippen LogP contribution in [0.3, 0.4) is 0 Å². The Labute approximate surface area is 96.1 Å². The number of hydrogen-bond donors (Lipinski definition) is 1. The third-order valence-electron chi connectivity index (χ3n) is 1.88. The van der Waals surface area contributed by atoms with Crippen molar-refractivity contribution in [1.82, 2.24) is 9.97 Å². The van der Waals surface area contributed by atoms with E-state index < -0.39 is 5.82 Å². The van der Waals surface area contributed by atoms with Gasteiger partial charge in [0.25, 0.3) is 0 Å². The Morgan fingerprint density at radius 3 is 3.12 bits per heavy atom. The summed E-state index contributed by atoms with van der Waals surface area (Å²) in [5, 5.41) is 4.59. The van der Waals surface area contributed by atoms with Crippen LogP contribution in [0.15, 0.2) is 23.7 Å². The number of ether oxygens (including phenoxy) is 1. The standard InChI is InChI=1S/C10H10FN3OS/c1-12-9-8(11)5-13-10(14-9)15-6-7-3-2-4-16-7/h2-5H,6H2,1H3,(H,12,13,14). The van der Waals surface area contributed by atoms with Crippen molar-refractivity contribution in [3.8, 4) is 6.01 Å². The van der Waals surface area contributed by atoms with Gasteiger partial charge in [0, 0.05) is 11.9 Å². The van der Waals surface area contributed by atoms with Crippen molar-refractivity contribution < 1.29 is 9.13 Å². The molecular formula is C10H10FN3OS. The van der Waals surface area contributed by atoms with Crippen LogP contribution in [0.25, 0.3) is 0 Å². The van der Waals surface area contributed by atoms with E-state index in [1.807, 2.05) is 17.5 Å². The molecule has 0 saturated heterocycles. The Morgan fingerprint density at radius 1 is 1.56 bits per heavy atom. The molecule has 0 fully saturated rings. The summed E-state index contributed by atoms with van der Waals surface area (Å²) in [6.07, 6.45) is 1.09. The molecule has 0 saturated carbocycles. The van der Waals surface area contributed by atoms with E-state index in [0.29, 0.717) is 6.61 Å². The van der Waals surface area contributed by atoms with Gasteiger partial charge >= 0.3 is 6.01 Å². The molecule has 0 bridgehead atoms. The highest BCUT2D eigenvalue weighted by atomic mass is 32.1. The van der Waals surface area contributed by atoms with Gasteiger partial charge in [-0.2, -0.15) is 4.98 Å². The fourth-order valence-corrected chi connectivity index (χ4v) is 1.74. The fraction of sp³-hybridized carbons (Fsp3) is 0.200. The summed E-state index contributed by atoms with van der Waals surface area (Å²) in [5.41, 5.74) is 0. The van der Waals surface area contributed by atoms with E-state index in [4.69, 9.17) is 4.74 Å². The fourth-order valence-electron chi connectivity index (χ4n) is 1.13. The SMILES string of the molecule is CNc1nc(OCc2cccs2)ncc1F. The lowest BCUT2D eigenvalue weighted by atomic mass is 10.5. The second-order valence-corrected chi connectivity index (χ2v) is 4.00. The van der Waals surface area contributed by atoms with Gasteiger partial charge in [-0.1, -0.05) is 6.07 Å². The maximum absolute atomic E-state index is 13.0. The largest absolute Gasteiger partial charge is 0.458 e. The average molecular weight is 239 g/mol. The summed E-state index contributed by atoms with van der Waals surface area (Å²) in [6, 6.07) is 4.06. The molecule has 4 nitrogen and oxygen atoms in total. The first-order chi connectivity index (χ1) is 7.79. The highest BCUT2D eigenvalue weighted by Gasteiger charge is 2.06. The summed E-state index contributed by atoms with van der Waals surface area (Å²) >= 11 is 1.59. The molecule has 0 amide bonds. The number of anilines is 1. The summed E-state index contributed by atoms with van der Waals surface area (Å²) in [4.78, 5) is 8.69. The van der Waals surface area contributed by atoms with Gasteiger partial charge in [0.2, 0.25) is 0 Å². The van der Waals surface area contributed by atoms with Crippen molar-refractivity contribution in [3.63, 3.8) is 0 Å². The normalized spacial score (nSPS) is 10.1. The van der Waals surface area contributed by atoms with Crippen molar-refractivity contribution in [1.29, 1.82) is 0 Å². The molecule has 2 aromatic heterocycles. The summed E-state index contributed by atoms with van der Waals surface area (Å²) in [7, 11) is 1.59. The number of aromatic nitrogens is 2. The monoisotopic (exact) mass is 239 g/mol. The molecule has 1 N–H and O–H groups in total. The average Bonchev–Trinajstić information content (AvgIpc) is 2.81. The van der Waals surface area contributed by atoms with Crippen molar-refractivity contribution in [3.05, 3.63) is 34.4 Å². The molecule has 0 aliphatic heterocycles. The topological polar surface area (TPSA) is 47.0 Å². The Balaban J connectivity index is 2.04. The summed E-state index contributed by atoms with van der Waals surface area (Å²) in [6.45, 7) is 0.395. The van der Waals surface area contributed by atoms with E-state index in [-0.39, 0.29) is 11.8 Å². The van der Waals surface area contributed by atoms with E-state index in [1.165, 1.54) is 0 Å². The third kappa shape index (κ3) is 2.46. The van der Waals surface area contributed by atoms with Crippen LogP contribution in [0, 0.1) is 5.82 Å². The van der Waals surface area contributed by atoms with Gasteiger partial charge < -0.3 is 10.1 Å². The minimum absolute atomic E-state index is 0.135. The third-order valence-corrected chi connectivity index (χ3v) is 2.73. The molecular weight excluding hydrogens is 229 g/mol. The molecule has 2 aromatic rings. The quantitative estimate of drug-likeness (QED) is 0.889. The van der Waals surface area contributed by atoms with Gasteiger partial charge in [0.05, 0.1) is 6.20 Å². The van der Waals surface area contributed by atoms with Gasteiger partial charge in [-0.25, -0.2) is 9.37 Å². The van der Waals surface area contributed by atoms with Crippen LogP contribution in [-0.4, -0.2) is 17.0 Å². The van der Waals surface area contributed by atoms with Gasteiger partial charge in [-0.05, 0) is 11.4 Å². The van der Waals surface area contributed by atoms with E-state index in [0.717, 1.165) is 11.1 Å². The molecule has 0 aliphatic carbocycles. The molecule has 0 aromatic carbocycles. The molecule has 0 aliphatic rings. The maximum atomic E-state index is 13.0. The molecule has 16 heavy (non-hydrogen) atoms. The van der Waals surface area contributed by atoms with Gasteiger partial charge in [-0.15, -0.1) is 11.3 Å². The van der Waals surface area contributed by atoms with E-state index in [2.05, 4.69) is 15.3 Å². The smallest absolute Gasteiger partial charge is 0.318 e. The van der Waals surface area contributed by atoms with E-state index in [1.54, 1.807) is 18.4 Å². The van der Waals surface area contributed by atoms with Crippen LogP contribution in [0.4, 0.5) is 10.2 Å². The zero-order chi connectivity index (χ0) is 11.4. The van der Waals surface area contributed by atoms with Crippen molar-refractivity contribution in [2.75, 3.05) is 12.4 Å². The second kappa shape index (κ2) is 4.89. The number of halogens is 1. The summed E-state index contributed by atoms with van der Waals surface area (Å²) < 4.78 is 18.4. The van der Waals surface area contributed by atoms with Crippen LogP contribution in [-0.2, 0) is 6.61 Å². The molecule has 0 atom stereocenters. The molecule has 6 heteroatoms. The van der Waals surface area contributed by atoms with Gasteiger partial charge in [-0.3, -0.25) is 0 Å².